The molecule has 5 N–H and O–H groups in total. The number of hydrogen-bond donors (Lipinski definition) is 4. The molecule has 0 saturated heterocycles. The number of ether oxygens (including phenoxy) is 1. The molecule has 0 heterocycles. The summed E-state index contributed by atoms with van der Waals surface area (Å²) in [6.07, 6.45) is 7.68. The molecular weight excluding hydrogens is 456 g/mol. The molecule has 2 amide bonds. The lowest BCUT2D eigenvalue weighted by Crippen LogP contribution is -2.62. The first kappa shape index (κ1) is 24.9. The number of hydrogen-bond acceptors (Lipinski definition) is 5. The van der Waals surface area contributed by atoms with Crippen LogP contribution in [0.15, 0.2) is 30.3 Å². The minimum absolute atomic E-state index is 0.119. The molecule has 34 heavy (non-hydrogen) atoms. The van der Waals surface area contributed by atoms with Crippen LogP contribution in [-0.4, -0.2) is 38.5 Å². The van der Waals surface area contributed by atoms with Crippen molar-refractivity contribution in [2.75, 3.05) is 6.54 Å². The van der Waals surface area contributed by atoms with Crippen LogP contribution in [0.4, 0.5) is 4.79 Å². The van der Waals surface area contributed by atoms with E-state index in [9.17, 15) is 18.0 Å². The van der Waals surface area contributed by atoms with E-state index < -0.39 is 22.3 Å². The van der Waals surface area contributed by atoms with E-state index >= 15 is 0 Å². The Bertz CT molecular complexity index is 934. The van der Waals surface area contributed by atoms with Gasteiger partial charge in [0.25, 0.3) is 10.2 Å². The molecule has 5 rings (SSSR count). The molecule has 4 bridgehead atoms. The number of benzene rings is 1. The Kier molecular flexibility index (Phi) is 7.79. The third-order valence-electron chi connectivity index (χ3n) is 7.47. The first-order valence-electron chi connectivity index (χ1n) is 12.3. The number of carbonyl (C=O) groups is 2. The van der Waals surface area contributed by atoms with Gasteiger partial charge >= 0.3 is 6.09 Å². The summed E-state index contributed by atoms with van der Waals surface area (Å²) < 4.78 is 29.7. The number of alkyl carbamates (subject to hydrolysis) is 1. The summed E-state index contributed by atoms with van der Waals surface area (Å²) in [5.41, 5.74) is 0.704. The van der Waals surface area contributed by atoms with Gasteiger partial charge in [-0.25, -0.2) is 14.7 Å². The van der Waals surface area contributed by atoms with Crippen LogP contribution in [-0.2, 0) is 26.3 Å². The first-order chi connectivity index (χ1) is 16.2. The van der Waals surface area contributed by atoms with Crippen LogP contribution < -0.4 is 20.5 Å². The lowest BCUT2D eigenvalue weighted by atomic mass is 9.53. The number of unbranched alkanes of at least 4 members (excludes halogenated alkanes) is 1. The number of carbonyl (C=O) groups excluding carboxylic acids is 2. The fraction of sp³-hybridized carbons (Fsp3) is 0.667. The second kappa shape index (κ2) is 10.6. The molecular formula is C24H36N4O5S. The molecule has 9 nitrogen and oxygen atoms in total. The Morgan fingerprint density at radius 3 is 2.24 bits per heavy atom. The first-order valence-corrected chi connectivity index (χ1v) is 13.8. The highest BCUT2D eigenvalue weighted by atomic mass is 32.2. The van der Waals surface area contributed by atoms with Crippen molar-refractivity contribution < 1.29 is 22.7 Å². The van der Waals surface area contributed by atoms with Crippen LogP contribution in [0.2, 0.25) is 0 Å². The molecule has 1 aromatic carbocycles. The molecule has 4 saturated carbocycles. The molecule has 4 aliphatic rings. The van der Waals surface area contributed by atoms with E-state index in [0.29, 0.717) is 37.0 Å². The summed E-state index contributed by atoms with van der Waals surface area (Å²) in [6, 6.07) is 8.61. The lowest BCUT2D eigenvalue weighted by molar-refractivity contribution is -0.129. The molecule has 188 valence electrons. The highest BCUT2D eigenvalue weighted by Crippen LogP contribution is 2.55. The van der Waals surface area contributed by atoms with E-state index in [1.165, 1.54) is 19.3 Å². The zero-order valence-corrected chi connectivity index (χ0v) is 20.3. The predicted molar refractivity (Wildman–Crippen MR) is 128 cm³/mol. The Balaban J connectivity index is 1.34. The highest BCUT2D eigenvalue weighted by Gasteiger charge is 2.51. The molecule has 0 aliphatic heterocycles. The Labute approximate surface area is 201 Å². The van der Waals surface area contributed by atoms with Crippen molar-refractivity contribution in [1.29, 1.82) is 0 Å². The van der Waals surface area contributed by atoms with Gasteiger partial charge in [0.1, 0.15) is 12.6 Å². The van der Waals surface area contributed by atoms with Gasteiger partial charge in [-0.15, -0.1) is 0 Å². The van der Waals surface area contributed by atoms with E-state index in [4.69, 9.17) is 9.88 Å². The zero-order valence-electron chi connectivity index (χ0n) is 19.5. The van der Waals surface area contributed by atoms with Gasteiger partial charge in [-0.1, -0.05) is 30.3 Å². The van der Waals surface area contributed by atoms with Gasteiger partial charge in [0, 0.05) is 12.1 Å². The van der Waals surface area contributed by atoms with Crippen molar-refractivity contribution in [3.05, 3.63) is 35.9 Å². The van der Waals surface area contributed by atoms with Gasteiger partial charge in [0.05, 0.1) is 0 Å². The van der Waals surface area contributed by atoms with Crippen LogP contribution >= 0.6 is 0 Å². The number of nitrogens with one attached hydrogen (secondary N) is 3. The maximum Gasteiger partial charge on any atom is 0.408 e. The summed E-state index contributed by atoms with van der Waals surface area (Å²) in [5, 5.41) is 11.0. The van der Waals surface area contributed by atoms with E-state index in [1.54, 1.807) is 0 Å². The van der Waals surface area contributed by atoms with Crippen molar-refractivity contribution >= 4 is 22.2 Å². The summed E-state index contributed by atoms with van der Waals surface area (Å²) >= 11 is 0. The summed E-state index contributed by atoms with van der Waals surface area (Å²) in [7, 11) is -3.74. The van der Waals surface area contributed by atoms with Crippen molar-refractivity contribution in [2.24, 2.45) is 22.9 Å². The van der Waals surface area contributed by atoms with Crippen LogP contribution in [0, 0.1) is 17.8 Å². The standard InChI is InChI=1S/C24H36N4O5S/c25-34(31,32)26-9-5-4-8-21(27-23(30)33-16-17-6-2-1-3-7-17)22(29)28-24-13-18-10-19(14-24)12-20(11-18)15-24/h1-3,6-7,18-21,26H,4-5,8-16H2,(H,27,30)(H,28,29)(H2,25,31,32)/t18?,19?,20?,21-,24?/m0/s1. The third kappa shape index (κ3) is 6.93. The van der Waals surface area contributed by atoms with Gasteiger partial charge in [-0.3, -0.25) is 4.79 Å². The molecule has 1 aromatic rings. The normalized spacial score (nSPS) is 28.3. The van der Waals surface area contributed by atoms with E-state index in [2.05, 4.69) is 15.4 Å². The number of nitrogens with two attached hydrogens (primary N) is 1. The van der Waals surface area contributed by atoms with E-state index in [-0.39, 0.29) is 24.6 Å². The maximum atomic E-state index is 13.3. The molecule has 1 atom stereocenters. The third-order valence-corrected chi connectivity index (χ3v) is 8.08. The topological polar surface area (TPSA) is 140 Å². The van der Waals surface area contributed by atoms with Crippen molar-refractivity contribution in [2.45, 2.75) is 76.0 Å². The smallest absolute Gasteiger partial charge is 0.408 e. The Morgan fingerprint density at radius 1 is 1.03 bits per heavy atom. The van der Waals surface area contributed by atoms with E-state index in [1.807, 2.05) is 30.3 Å². The maximum absolute atomic E-state index is 13.3. The predicted octanol–water partition coefficient (Wildman–Crippen LogP) is 2.33. The molecule has 0 spiro atoms. The molecule has 10 heteroatoms. The molecule has 0 radical (unpaired) electrons. The molecule has 4 aliphatic carbocycles. The van der Waals surface area contributed by atoms with Crippen molar-refractivity contribution in [1.82, 2.24) is 15.4 Å². The van der Waals surface area contributed by atoms with Crippen LogP contribution in [0.25, 0.3) is 0 Å². The second-order valence-electron chi connectivity index (χ2n) is 10.4. The summed E-state index contributed by atoms with van der Waals surface area (Å²) in [5.74, 6) is 1.90. The van der Waals surface area contributed by atoms with Gasteiger partial charge < -0.3 is 15.4 Å². The SMILES string of the molecule is NS(=O)(=O)NCCCC[C@H](NC(=O)OCc1ccccc1)C(=O)NC12CC3CC(CC(C3)C1)C2. The minimum Gasteiger partial charge on any atom is -0.445 e. The number of rotatable bonds is 11. The van der Waals surface area contributed by atoms with Crippen molar-refractivity contribution in [3.63, 3.8) is 0 Å². The molecule has 0 aromatic heterocycles. The van der Waals surface area contributed by atoms with Crippen molar-refractivity contribution in [3.8, 4) is 0 Å². The second-order valence-corrected chi connectivity index (χ2v) is 11.8. The van der Waals surface area contributed by atoms with Gasteiger partial charge in [-0.2, -0.15) is 8.42 Å². The monoisotopic (exact) mass is 492 g/mol. The quantitative estimate of drug-likeness (QED) is 0.351. The average Bonchev–Trinajstić information content (AvgIpc) is 2.75. The van der Waals surface area contributed by atoms with Gasteiger partial charge in [-0.05, 0) is 81.1 Å². The van der Waals surface area contributed by atoms with Gasteiger partial charge in [0.2, 0.25) is 5.91 Å². The number of amides is 2. The van der Waals surface area contributed by atoms with Gasteiger partial charge in [0.15, 0.2) is 0 Å². The van der Waals surface area contributed by atoms with Crippen LogP contribution in [0.3, 0.4) is 0 Å². The minimum atomic E-state index is -3.74. The zero-order chi connectivity index (χ0) is 24.2. The fourth-order valence-corrected chi connectivity index (χ4v) is 6.90. The molecule has 0 unspecified atom stereocenters. The summed E-state index contributed by atoms with van der Waals surface area (Å²) in [6.45, 7) is 0.300. The largest absolute Gasteiger partial charge is 0.445 e. The highest BCUT2D eigenvalue weighted by molar-refractivity contribution is 7.87. The average molecular weight is 493 g/mol. The fourth-order valence-electron chi connectivity index (χ4n) is 6.48. The van der Waals surface area contributed by atoms with E-state index in [0.717, 1.165) is 24.8 Å². The Morgan fingerprint density at radius 2 is 1.65 bits per heavy atom. The molecule has 4 fully saturated rings. The van der Waals surface area contributed by atoms with Crippen LogP contribution in [0.5, 0.6) is 0 Å². The summed E-state index contributed by atoms with van der Waals surface area (Å²) in [4.78, 5) is 25.8. The van der Waals surface area contributed by atoms with Crippen LogP contribution in [0.1, 0.15) is 63.4 Å². The lowest BCUT2D eigenvalue weighted by Gasteiger charge is -2.57. The Hall–Kier alpha value is -2.17.